The van der Waals surface area contributed by atoms with Gasteiger partial charge in [-0.2, -0.15) is 5.10 Å². The number of hydrogen-bond acceptors (Lipinski definition) is 2. The summed E-state index contributed by atoms with van der Waals surface area (Å²) in [5, 5.41) is 7.49. The first-order valence-electron chi connectivity index (χ1n) is 5.97. The second-order valence-electron chi connectivity index (χ2n) is 5.40. The Bertz CT molecular complexity index is 527. The first-order valence-corrected chi connectivity index (χ1v) is 5.97. The molecule has 0 aliphatic heterocycles. The van der Waals surface area contributed by atoms with Crippen molar-refractivity contribution in [3.05, 3.63) is 42.1 Å². The molecule has 0 bridgehead atoms. The highest BCUT2D eigenvalue weighted by molar-refractivity contribution is 5.59. The van der Waals surface area contributed by atoms with Crippen LogP contribution in [0, 0.1) is 5.41 Å². The minimum atomic E-state index is 0.195. The Labute approximate surface area is 101 Å². The molecule has 2 unspecified atom stereocenters. The van der Waals surface area contributed by atoms with Gasteiger partial charge >= 0.3 is 0 Å². The summed E-state index contributed by atoms with van der Waals surface area (Å²) in [5.74, 6) is 0.410. The smallest absolute Gasteiger partial charge is 0.0923 e. The zero-order valence-electron chi connectivity index (χ0n) is 10.1. The average Bonchev–Trinajstić information content (AvgIpc) is 2.72. The maximum Gasteiger partial charge on any atom is 0.0923 e. The lowest BCUT2D eigenvalue weighted by atomic mass is 10.1. The fraction of sp³-hybridized carbons (Fsp3) is 0.357. The van der Waals surface area contributed by atoms with Crippen LogP contribution in [0.2, 0.25) is 0 Å². The summed E-state index contributed by atoms with van der Waals surface area (Å²) in [6.07, 6.45) is 0. The SMILES string of the molecule is CC1(C)C(N)C1c1cc(-c2ccccc2)n[nH]1. The number of nitrogens with one attached hydrogen (secondary N) is 1. The molecule has 88 valence electrons. The molecular formula is C14H17N3. The normalized spacial score (nSPS) is 25.8. The standard InChI is InChI=1S/C14H17N3/c1-14(2)12(13(14)15)11-8-10(16-17-11)9-6-4-3-5-7-9/h3-8,12-13H,15H2,1-2H3,(H,16,17). The summed E-state index contributed by atoms with van der Waals surface area (Å²) in [6.45, 7) is 4.40. The number of benzene rings is 1. The highest BCUT2D eigenvalue weighted by Gasteiger charge is 2.57. The van der Waals surface area contributed by atoms with Crippen molar-refractivity contribution in [3.8, 4) is 11.3 Å². The molecule has 1 aromatic carbocycles. The first kappa shape index (κ1) is 10.5. The van der Waals surface area contributed by atoms with Gasteiger partial charge in [0.15, 0.2) is 0 Å². The zero-order chi connectivity index (χ0) is 12.0. The van der Waals surface area contributed by atoms with Crippen molar-refractivity contribution in [3.63, 3.8) is 0 Å². The van der Waals surface area contributed by atoms with Crippen LogP contribution in [0.4, 0.5) is 0 Å². The summed E-state index contributed by atoms with van der Waals surface area (Å²) < 4.78 is 0. The monoisotopic (exact) mass is 227 g/mol. The Morgan fingerprint density at radius 1 is 1.24 bits per heavy atom. The molecule has 0 saturated heterocycles. The predicted octanol–water partition coefficient (Wildman–Crippen LogP) is 2.53. The van der Waals surface area contributed by atoms with Gasteiger partial charge in [0.25, 0.3) is 0 Å². The molecule has 3 N–H and O–H groups in total. The van der Waals surface area contributed by atoms with Gasteiger partial charge in [0.2, 0.25) is 0 Å². The molecular weight excluding hydrogens is 210 g/mol. The van der Waals surface area contributed by atoms with Crippen molar-refractivity contribution in [2.24, 2.45) is 11.1 Å². The molecule has 0 radical (unpaired) electrons. The quantitative estimate of drug-likeness (QED) is 0.828. The van der Waals surface area contributed by atoms with Crippen LogP contribution in [0.25, 0.3) is 11.3 Å². The molecule has 1 aromatic heterocycles. The lowest BCUT2D eigenvalue weighted by Crippen LogP contribution is -2.06. The summed E-state index contributed by atoms with van der Waals surface area (Å²) in [5.41, 5.74) is 9.56. The molecule has 3 rings (SSSR count). The number of hydrogen-bond donors (Lipinski definition) is 2. The Morgan fingerprint density at radius 3 is 2.47 bits per heavy atom. The highest BCUT2D eigenvalue weighted by atomic mass is 15.1. The van der Waals surface area contributed by atoms with Crippen molar-refractivity contribution in [2.45, 2.75) is 25.8 Å². The lowest BCUT2D eigenvalue weighted by molar-refractivity contribution is 0.595. The molecule has 1 saturated carbocycles. The molecule has 1 aliphatic rings. The first-order chi connectivity index (χ1) is 8.10. The summed E-state index contributed by atoms with van der Waals surface area (Å²) in [7, 11) is 0. The fourth-order valence-corrected chi connectivity index (χ4v) is 2.52. The zero-order valence-corrected chi connectivity index (χ0v) is 10.1. The van der Waals surface area contributed by atoms with Gasteiger partial charge in [0.05, 0.1) is 5.69 Å². The predicted molar refractivity (Wildman–Crippen MR) is 68.5 cm³/mol. The van der Waals surface area contributed by atoms with Crippen molar-refractivity contribution < 1.29 is 0 Å². The Kier molecular flexibility index (Phi) is 2.13. The van der Waals surface area contributed by atoms with Gasteiger partial charge in [0, 0.05) is 23.2 Å². The summed E-state index contributed by atoms with van der Waals surface area (Å²) in [6, 6.07) is 12.6. The molecule has 0 amide bonds. The van der Waals surface area contributed by atoms with E-state index in [2.05, 4.69) is 42.2 Å². The number of aromatic amines is 1. The molecule has 3 nitrogen and oxygen atoms in total. The third kappa shape index (κ3) is 1.58. The Balaban J connectivity index is 1.90. The molecule has 0 spiro atoms. The van der Waals surface area contributed by atoms with Gasteiger partial charge in [-0.1, -0.05) is 44.2 Å². The molecule has 3 heteroatoms. The second-order valence-corrected chi connectivity index (χ2v) is 5.40. The van der Waals surface area contributed by atoms with Crippen molar-refractivity contribution >= 4 is 0 Å². The molecule has 1 aliphatic carbocycles. The van der Waals surface area contributed by atoms with E-state index in [1.165, 1.54) is 0 Å². The molecule has 1 fully saturated rings. The third-order valence-electron chi connectivity index (χ3n) is 3.91. The van der Waals surface area contributed by atoms with E-state index in [-0.39, 0.29) is 11.5 Å². The van der Waals surface area contributed by atoms with Crippen LogP contribution < -0.4 is 5.73 Å². The van der Waals surface area contributed by atoms with E-state index >= 15 is 0 Å². The average molecular weight is 227 g/mol. The van der Waals surface area contributed by atoms with E-state index in [4.69, 9.17) is 5.73 Å². The second kappa shape index (κ2) is 3.44. The Morgan fingerprint density at radius 2 is 1.88 bits per heavy atom. The van der Waals surface area contributed by atoms with Crippen molar-refractivity contribution in [1.29, 1.82) is 0 Å². The number of aromatic nitrogens is 2. The minimum absolute atomic E-state index is 0.195. The van der Waals surface area contributed by atoms with Crippen LogP contribution in [0.1, 0.15) is 25.5 Å². The third-order valence-corrected chi connectivity index (χ3v) is 3.91. The van der Waals surface area contributed by atoms with Crippen LogP contribution in [0.3, 0.4) is 0 Å². The summed E-state index contributed by atoms with van der Waals surface area (Å²) >= 11 is 0. The van der Waals surface area contributed by atoms with E-state index < -0.39 is 0 Å². The Hall–Kier alpha value is -1.61. The van der Waals surface area contributed by atoms with E-state index in [0.717, 1.165) is 17.0 Å². The topological polar surface area (TPSA) is 54.7 Å². The van der Waals surface area contributed by atoms with E-state index in [0.29, 0.717) is 5.92 Å². The van der Waals surface area contributed by atoms with Gasteiger partial charge in [-0.05, 0) is 11.5 Å². The van der Waals surface area contributed by atoms with Gasteiger partial charge in [-0.3, -0.25) is 5.10 Å². The number of rotatable bonds is 2. The lowest BCUT2D eigenvalue weighted by Gasteiger charge is -1.97. The summed E-state index contributed by atoms with van der Waals surface area (Å²) in [4.78, 5) is 0. The van der Waals surface area contributed by atoms with Gasteiger partial charge in [0.1, 0.15) is 0 Å². The van der Waals surface area contributed by atoms with Crippen LogP contribution in [0.5, 0.6) is 0 Å². The minimum Gasteiger partial charge on any atom is -0.327 e. The van der Waals surface area contributed by atoms with E-state index in [1.54, 1.807) is 0 Å². The number of nitrogens with zero attached hydrogens (tertiary/aromatic N) is 1. The van der Waals surface area contributed by atoms with Crippen LogP contribution in [-0.2, 0) is 0 Å². The largest absolute Gasteiger partial charge is 0.327 e. The van der Waals surface area contributed by atoms with E-state index in [1.807, 2.05) is 18.2 Å². The number of H-pyrrole nitrogens is 1. The van der Waals surface area contributed by atoms with Gasteiger partial charge in [-0.25, -0.2) is 0 Å². The van der Waals surface area contributed by atoms with Crippen LogP contribution in [0.15, 0.2) is 36.4 Å². The highest BCUT2D eigenvalue weighted by Crippen LogP contribution is 2.56. The van der Waals surface area contributed by atoms with E-state index in [9.17, 15) is 0 Å². The van der Waals surface area contributed by atoms with Crippen molar-refractivity contribution in [1.82, 2.24) is 10.2 Å². The number of nitrogens with two attached hydrogens (primary N) is 1. The van der Waals surface area contributed by atoms with Crippen LogP contribution >= 0.6 is 0 Å². The van der Waals surface area contributed by atoms with Gasteiger partial charge < -0.3 is 5.73 Å². The molecule has 1 heterocycles. The maximum absolute atomic E-state index is 6.08. The fourth-order valence-electron chi connectivity index (χ4n) is 2.52. The molecule has 2 atom stereocenters. The molecule has 17 heavy (non-hydrogen) atoms. The van der Waals surface area contributed by atoms with Crippen molar-refractivity contribution in [2.75, 3.05) is 0 Å². The van der Waals surface area contributed by atoms with Crippen LogP contribution in [-0.4, -0.2) is 16.2 Å². The molecule has 2 aromatic rings. The maximum atomic E-state index is 6.08. The van der Waals surface area contributed by atoms with Gasteiger partial charge in [-0.15, -0.1) is 0 Å².